The van der Waals surface area contributed by atoms with Gasteiger partial charge in [0.15, 0.2) is 0 Å². The third-order valence-electron chi connectivity index (χ3n) is 7.60. The van der Waals surface area contributed by atoms with E-state index in [1.165, 1.54) is 0 Å². The summed E-state index contributed by atoms with van der Waals surface area (Å²) in [6.07, 6.45) is 71.9. The maximum absolute atomic E-state index is 11.4. The summed E-state index contributed by atoms with van der Waals surface area (Å²) in [7, 11) is 1.71. The predicted molar refractivity (Wildman–Crippen MR) is 195 cm³/mol. The van der Waals surface area contributed by atoms with E-state index >= 15 is 0 Å². The Kier molecular flexibility index (Phi) is 33.5. The van der Waals surface area contributed by atoms with Crippen LogP contribution in [0.5, 0.6) is 0 Å². The molecule has 2 nitrogen and oxygen atoms in total. The van der Waals surface area contributed by atoms with E-state index in [9.17, 15) is 5.11 Å². The Bertz CT molecular complexity index is 745. The Balaban J connectivity index is 0.000000876. The van der Waals surface area contributed by atoms with Crippen LogP contribution in [0.4, 0.5) is 0 Å². The molecule has 270 valence electrons. The minimum Gasteiger partial charge on any atom is -0.376 e. The molecule has 0 bridgehead atoms. The van der Waals surface area contributed by atoms with Crippen LogP contribution in [0.1, 0.15) is 6.42 Å². The molecule has 6 heteroatoms. The molecule has 8 rings (SSSR count). The fourth-order valence-electron chi connectivity index (χ4n) is 5.09. The minimum atomic E-state index is -1.34. The molecule has 0 heterocycles. The summed E-state index contributed by atoms with van der Waals surface area (Å²) in [5.41, 5.74) is -2.01. The maximum Gasteiger partial charge on any atom is 0.139 e. The van der Waals surface area contributed by atoms with Crippen molar-refractivity contribution in [3.05, 3.63) is 255 Å². The van der Waals surface area contributed by atoms with Crippen molar-refractivity contribution in [2.24, 2.45) is 0 Å². The van der Waals surface area contributed by atoms with Gasteiger partial charge in [0, 0.05) is 105 Å². The van der Waals surface area contributed by atoms with Gasteiger partial charge in [0.2, 0.25) is 0 Å². The quantitative estimate of drug-likeness (QED) is 0.227. The van der Waals surface area contributed by atoms with Gasteiger partial charge >= 0.3 is 0 Å². The van der Waals surface area contributed by atoms with Crippen molar-refractivity contribution in [3.8, 4) is 11.8 Å². The standard InChI is InChI=1S/C26H22O2.4C5H5.4Fe/c1-28-26(23-15-6-7-16-23,24-17-8-9-18-24)20-10-19-25(27,21-11-2-3-12-21)22-13-4-5-14-22;4*1-2-4-5-3-1;;;;/h2-9,11-18,27H,20H2,1H3;4*1-5H;;;;. The molecule has 40 radical (unpaired) electrons. The van der Waals surface area contributed by atoms with Crippen molar-refractivity contribution in [1.82, 2.24) is 0 Å². The van der Waals surface area contributed by atoms with Gasteiger partial charge in [-0.15, -0.1) is 0 Å². The SMILES string of the molecule is COC(CC#CC(O)([C]1[CH][CH][CH][CH]1)[C]1[CH][CH][CH][CH]1)([C]1[CH][CH][CH][CH]1)[C]1[CH][CH][CH][CH]1.[CH]1[CH][CH][CH][CH]1.[CH]1[CH][CH][CH][CH]1.[CH]1[CH][CH][CH][CH]1.[CH]1[CH][CH][CH][CH]1.[Fe].[Fe].[Fe].[Fe]. The molecule has 0 aromatic rings. The molecule has 8 fully saturated rings. The zero-order valence-corrected chi connectivity index (χ0v) is 33.2. The molecule has 0 aliphatic heterocycles. The summed E-state index contributed by atoms with van der Waals surface area (Å²) in [6, 6.07) is 0. The van der Waals surface area contributed by atoms with Crippen molar-refractivity contribution < 1.29 is 78.1 Å². The van der Waals surface area contributed by atoms with Gasteiger partial charge in [0.05, 0.1) is 5.60 Å². The van der Waals surface area contributed by atoms with E-state index in [0.717, 1.165) is 23.7 Å². The number of hydrogen-bond donors (Lipinski definition) is 1. The Labute approximate surface area is 366 Å². The summed E-state index contributed by atoms with van der Waals surface area (Å²) in [5.74, 6) is 10.0. The van der Waals surface area contributed by atoms with Crippen LogP contribution >= 0.6 is 0 Å². The van der Waals surface area contributed by atoms with Gasteiger partial charge in [-0.25, -0.2) is 0 Å². The fourth-order valence-corrected chi connectivity index (χ4v) is 5.09. The Morgan fingerprint density at radius 3 is 0.808 bits per heavy atom. The Hall–Kier alpha value is 1.56. The smallest absolute Gasteiger partial charge is 0.139 e. The molecular weight excluding hydrogens is 808 g/mol. The molecule has 8 aliphatic rings. The molecule has 0 saturated heterocycles. The summed E-state index contributed by atoms with van der Waals surface area (Å²) >= 11 is 0. The van der Waals surface area contributed by atoms with Gasteiger partial charge in [0.1, 0.15) is 5.60 Å². The number of rotatable bonds is 6. The molecule has 0 amide bonds. The maximum atomic E-state index is 11.4. The molecule has 8 aliphatic carbocycles. The Morgan fingerprint density at radius 2 is 0.596 bits per heavy atom. The first-order valence-corrected chi connectivity index (χ1v) is 16.0. The minimum absolute atomic E-state index is 0. The predicted octanol–water partition coefficient (Wildman–Crippen LogP) is 7.19. The molecule has 0 spiro atoms. The summed E-state index contributed by atoms with van der Waals surface area (Å²) in [4.78, 5) is 0. The van der Waals surface area contributed by atoms with Crippen LogP contribution in [0.15, 0.2) is 0 Å². The zero-order valence-electron chi connectivity index (χ0n) is 28.8. The molecule has 1 N–H and O–H groups in total. The number of aliphatic hydroxyl groups is 1. The van der Waals surface area contributed by atoms with Crippen LogP contribution in [0, 0.1) is 267 Å². The second-order valence-electron chi connectivity index (χ2n) is 10.8. The number of ether oxygens (including phenoxy) is 1. The van der Waals surface area contributed by atoms with Crippen LogP contribution in [0.25, 0.3) is 0 Å². The van der Waals surface area contributed by atoms with Crippen molar-refractivity contribution in [1.29, 1.82) is 0 Å². The Morgan fingerprint density at radius 1 is 0.385 bits per heavy atom. The van der Waals surface area contributed by atoms with Crippen molar-refractivity contribution >= 4 is 0 Å². The first-order valence-electron chi connectivity index (χ1n) is 16.0. The van der Waals surface area contributed by atoms with Gasteiger partial charge in [-0.2, -0.15) is 0 Å². The van der Waals surface area contributed by atoms with E-state index in [-0.39, 0.29) is 68.3 Å². The average molecular weight is 850 g/mol. The van der Waals surface area contributed by atoms with Crippen molar-refractivity contribution in [3.63, 3.8) is 0 Å². The van der Waals surface area contributed by atoms with E-state index in [2.05, 4.69) is 37.5 Å². The number of methoxy groups -OCH3 is 1. The first-order chi connectivity index (χ1) is 23.7. The van der Waals surface area contributed by atoms with Crippen LogP contribution in [-0.2, 0) is 73.0 Å². The third kappa shape index (κ3) is 18.4. The molecule has 0 aromatic heterocycles. The summed E-state index contributed by atoms with van der Waals surface area (Å²) in [6.45, 7) is 0. The molecule has 0 atom stereocenters. The van der Waals surface area contributed by atoms with E-state index in [0.29, 0.717) is 6.42 Å². The molecular formula is C46H42Fe4O2. The molecule has 0 unspecified atom stereocenters. The summed E-state index contributed by atoms with van der Waals surface area (Å²) in [5, 5.41) is 11.4. The average Bonchev–Trinajstić information content (AvgIpc) is 4.03. The van der Waals surface area contributed by atoms with Gasteiger partial charge < -0.3 is 9.84 Å². The van der Waals surface area contributed by atoms with E-state index < -0.39 is 11.2 Å². The zero-order chi connectivity index (χ0) is 33.6. The normalized spacial score (nSPS) is 23.3. The van der Waals surface area contributed by atoms with Gasteiger partial charge in [-0.3, -0.25) is 0 Å². The fraction of sp³-hybridized carbons (Fsp3) is 0.0870. The van der Waals surface area contributed by atoms with Gasteiger partial charge in [-0.05, 0) is 231 Å². The van der Waals surface area contributed by atoms with Crippen LogP contribution in [0.2, 0.25) is 0 Å². The van der Waals surface area contributed by atoms with Crippen molar-refractivity contribution in [2.45, 2.75) is 17.6 Å². The summed E-state index contributed by atoms with van der Waals surface area (Å²) < 4.78 is 6.04. The number of hydrogen-bond acceptors (Lipinski definition) is 2. The van der Waals surface area contributed by atoms with Gasteiger partial charge in [0.25, 0.3) is 0 Å². The monoisotopic (exact) mass is 850 g/mol. The van der Waals surface area contributed by atoms with E-state index in [1.807, 2.05) is 205 Å². The third-order valence-corrected chi connectivity index (χ3v) is 7.60. The van der Waals surface area contributed by atoms with E-state index in [4.69, 9.17) is 4.74 Å². The van der Waals surface area contributed by atoms with Crippen LogP contribution in [-0.4, -0.2) is 23.4 Å². The van der Waals surface area contributed by atoms with E-state index in [1.54, 1.807) is 7.11 Å². The van der Waals surface area contributed by atoms with Crippen LogP contribution in [0.3, 0.4) is 0 Å². The molecule has 52 heavy (non-hydrogen) atoms. The van der Waals surface area contributed by atoms with Crippen molar-refractivity contribution in [2.75, 3.05) is 7.11 Å². The molecule has 8 saturated carbocycles. The van der Waals surface area contributed by atoms with Gasteiger partial charge in [-0.1, -0.05) is 11.8 Å². The van der Waals surface area contributed by atoms with Crippen LogP contribution < -0.4 is 0 Å². The second kappa shape index (κ2) is 32.5. The topological polar surface area (TPSA) is 29.5 Å². The second-order valence-corrected chi connectivity index (χ2v) is 10.8. The largest absolute Gasteiger partial charge is 0.376 e. The first kappa shape index (κ1) is 53.6. The molecule has 0 aromatic carbocycles.